The maximum atomic E-state index is 12.4. The van der Waals surface area contributed by atoms with Gasteiger partial charge < -0.3 is 5.32 Å². The van der Waals surface area contributed by atoms with Crippen molar-refractivity contribution in [3.05, 3.63) is 51.7 Å². The van der Waals surface area contributed by atoms with Gasteiger partial charge in [-0.05, 0) is 35.9 Å². The van der Waals surface area contributed by atoms with E-state index in [4.69, 9.17) is 0 Å². The number of carbonyl (C=O) groups is 1. The molecular weight excluding hydrogens is 230 g/mol. The van der Waals surface area contributed by atoms with Gasteiger partial charge in [-0.1, -0.05) is 18.2 Å². The van der Waals surface area contributed by atoms with E-state index >= 15 is 0 Å². The van der Waals surface area contributed by atoms with Gasteiger partial charge in [0.2, 0.25) is 5.78 Å². The van der Waals surface area contributed by atoms with Crippen molar-refractivity contribution in [2.24, 2.45) is 0 Å². The van der Waals surface area contributed by atoms with Crippen LogP contribution < -0.4 is 5.32 Å². The van der Waals surface area contributed by atoms with E-state index in [0.29, 0.717) is 0 Å². The fourth-order valence-corrected chi connectivity index (χ4v) is 2.94. The fraction of sp³-hybridized carbons (Fsp3) is 0.214. The van der Waals surface area contributed by atoms with E-state index in [1.54, 1.807) is 0 Å². The molecule has 0 saturated heterocycles. The second kappa shape index (κ2) is 4.34. The molecule has 0 radical (unpaired) electrons. The Morgan fingerprint density at radius 3 is 3.00 bits per heavy atom. The van der Waals surface area contributed by atoms with Crippen LogP contribution in [-0.2, 0) is 6.42 Å². The van der Waals surface area contributed by atoms with E-state index in [1.165, 1.54) is 16.9 Å². The van der Waals surface area contributed by atoms with Gasteiger partial charge >= 0.3 is 0 Å². The smallest absolute Gasteiger partial charge is 0.203 e. The van der Waals surface area contributed by atoms with Gasteiger partial charge in [-0.25, -0.2) is 0 Å². The molecule has 0 bridgehead atoms. The van der Waals surface area contributed by atoms with Crippen molar-refractivity contribution in [3.8, 4) is 0 Å². The first-order valence-corrected chi connectivity index (χ1v) is 6.68. The molecule has 17 heavy (non-hydrogen) atoms. The lowest BCUT2D eigenvalue weighted by molar-refractivity contribution is 0.104. The molecule has 1 aromatic heterocycles. The number of ketones is 1. The summed E-state index contributed by atoms with van der Waals surface area (Å²) in [7, 11) is 0. The van der Waals surface area contributed by atoms with Crippen molar-refractivity contribution in [2.75, 3.05) is 11.9 Å². The molecule has 1 aliphatic heterocycles. The van der Waals surface area contributed by atoms with E-state index in [0.717, 1.165) is 35.5 Å². The van der Waals surface area contributed by atoms with Crippen LogP contribution in [0.4, 0.5) is 5.69 Å². The molecule has 2 heterocycles. The van der Waals surface area contributed by atoms with Crippen LogP contribution in [0.1, 0.15) is 27.2 Å². The number of carbonyl (C=O) groups excluding carboxylic acids is 1. The maximum Gasteiger partial charge on any atom is 0.203 e. The third-order valence-corrected chi connectivity index (χ3v) is 3.95. The minimum atomic E-state index is 0.153. The fourth-order valence-electron chi connectivity index (χ4n) is 2.26. The number of anilines is 1. The monoisotopic (exact) mass is 243 g/mol. The lowest BCUT2D eigenvalue weighted by Crippen LogP contribution is -2.15. The van der Waals surface area contributed by atoms with E-state index in [-0.39, 0.29) is 5.78 Å². The largest absolute Gasteiger partial charge is 0.385 e. The average Bonchev–Trinajstić information content (AvgIpc) is 2.91. The molecule has 2 aromatic rings. The Morgan fingerprint density at radius 1 is 1.24 bits per heavy atom. The summed E-state index contributed by atoms with van der Waals surface area (Å²) in [4.78, 5) is 13.2. The minimum Gasteiger partial charge on any atom is -0.385 e. The number of rotatable bonds is 2. The number of hydrogen-bond donors (Lipinski definition) is 1. The van der Waals surface area contributed by atoms with Crippen molar-refractivity contribution in [3.63, 3.8) is 0 Å². The van der Waals surface area contributed by atoms with Crippen LogP contribution in [0.5, 0.6) is 0 Å². The summed E-state index contributed by atoms with van der Waals surface area (Å²) in [6.07, 6.45) is 2.09. The van der Waals surface area contributed by atoms with Crippen molar-refractivity contribution in [1.29, 1.82) is 0 Å². The normalized spacial score (nSPS) is 13.9. The molecule has 1 aromatic carbocycles. The Hall–Kier alpha value is -1.61. The molecule has 0 aliphatic carbocycles. The van der Waals surface area contributed by atoms with Crippen molar-refractivity contribution < 1.29 is 4.79 Å². The molecule has 3 heteroatoms. The Balaban J connectivity index is 2.06. The molecule has 0 fully saturated rings. The third-order valence-electron chi connectivity index (χ3n) is 3.08. The minimum absolute atomic E-state index is 0.153. The molecule has 0 unspecified atom stereocenters. The van der Waals surface area contributed by atoms with Crippen LogP contribution >= 0.6 is 11.3 Å². The highest BCUT2D eigenvalue weighted by atomic mass is 32.1. The average molecular weight is 243 g/mol. The van der Waals surface area contributed by atoms with Gasteiger partial charge in [-0.3, -0.25) is 4.79 Å². The molecule has 1 N–H and O–H groups in total. The first-order chi connectivity index (χ1) is 8.36. The summed E-state index contributed by atoms with van der Waals surface area (Å²) in [6.45, 7) is 1.00. The molecule has 0 spiro atoms. The number of nitrogens with one attached hydrogen (secondary N) is 1. The number of benzene rings is 1. The zero-order valence-electron chi connectivity index (χ0n) is 9.40. The highest BCUT2D eigenvalue weighted by Crippen LogP contribution is 2.27. The van der Waals surface area contributed by atoms with Gasteiger partial charge in [0.05, 0.1) is 4.88 Å². The zero-order valence-corrected chi connectivity index (χ0v) is 10.2. The predicted octanol–water partition coefficient (Wildman–Crippen LogP) is 3.34. The van der Waals surface area contributed by atoms with Crippen LogP contribution in [0.15, 0.2) is 35.7 Å². The van der Waals surface area contributed by atoms with Crippen LogP contribution in [0, 0.1) is 0 Å². The van der Waals surface area contributed by atoms with Crippen LogP contribution in [0.3, 0.4) is 0 Å². The van der Waals surface area contributed by atoms with Crippen molar-refractivity contribution >= 4 is 22.8 Å². The summed E-state index contributed by atoms with van der Waals surface area (Å²) in [6, 6.07) is 9.76. The summed E-state index contributed by atoms with van der Waals surface area (Å²) in [5.41, 5.74) is 3.16. The summed E-state index contributed by atoms with van der Waals surface area (Å²) in [5.74, 6) is 0.153. The van der Waals surface area contributed by atoms with Gasteiger partial charge in [0.15, 0.2) is 0 Å². The number of fused-ring (bicyclic) bond motifs is 1. The molecule has 0 amide bonds. The molecule has 3 rings (SSSR count). The van der Waals surface area contributed by atoms with E-state index in [9.17, 15) is 4.79 Å². The highest BCUT2D eigenvalue weighted by Gasteiger charge is 2.18. The standard InChI is InChI=1S/C14H13NOS/c16-14(13-7-3-9-17-13)11-4-1-6-12-10(11)5-2-8-15-12/h1,3-4,6-7,9,15H,2,5,8H2. The van der Waals surface area contributed by atoms with Gasteiger partial charge in [0.25, 0.3) is 0 Å². The van der Waals surface area contributed by atoms with Crippen molar-refractivity contribution in [2.45, 2.75) is 12.8 Å². The lowest BCUT2D eigenvalue weighted by Gasteiger charge is -2.20. The summed E-state index contributed by atoms with van der Waals surface area (Å²) >= 11 is 1.51. The predicted molar refractivity (Wildman–Crippen MR) is 71.0 cm³/mol. The maximum absolute atomic E-state index is 12.4. The molecule has 0 saturated carbocycles. The van der Waals surface area contributed by atoms with E-state index < -0.39 is 0 Å². The number of hydrogen-bond acceptors (Lipinski definition) is 3. The Bertz CT molecular complexity index is 545. The second-order valence-electron chi connectivity index (χ2n) is 4.17. The van der Waals surface area contributed by atoms with Gasteiger partial charge in [-0.15, -0.1) is 11.3 Å². The van der Waals surface area contributed by atoms with Gasteiger partial charge in [0.1, 0.15) is 0 Å². The quantitative estimate of drug-likeness (QED) is 0.820. The Kier molecular flexibility index (Phi) is 2.69. The van der Waals surface area contributed by atoms with E-state index in [2.05, 4.69) is 11.4 Å². The molecule has 86 valence electrons. The zero-order chi connectivity index (χ0) is 11.7. The Morgan fingerprint density at radius 2 is 2.18 bits per heavy atom. The first-order valence-electron chi connectivity index (χ1n) is 5.80. The van der Waals surface area contributed by atoms with Crippen molar-refractivity contribution in [1.82, 2.24) is 0 Å². The lowest BCUT2D eigenvalue weighted by atomic mass is 9.95. The van der Waals surface area contributed by atoms with Crippen LogP contribution in [0.2, 0.25) is 0 Å². The van der Waals surface area contributed by atoms with E-state index in [1.807, 2.05) is 29.6 Å². The topological polar surface area (TPSA) is 29.1 Å². The molecular formula is C14H13NOS. The van der Waals surface area contributed by atoms with Gasteiger partial charge in [0, 0.05) is 17.8 Å². The summed E-state index contributed by atoms with van der Waals surface area (Å²) < 4.78 is 0. The highest BCUT2D eigenvalue weighted by molar-refractivity contribution is 7.12. The number of thiophene rings is 1. The third kappa shape index (κ3) is 1.87. The second-order valence-corrected chi connectivity index (χ2v) is 5.12. The molecule has 1 aliphatic rings. The SMILES string of the molecule is O=C(c1cccs1)c1cccc2c1CCCN2. The first kappa shape index (κ1) is 10.5. The van der Waals surface area contributed by atoms with Crippen LogP contribution in [-0.4, -0.2) is 12.3 Å². The molecule has 2 nitrogen and oxygen atoms in total. The molecule has 0 atom stereocenters. The summed E-state index contributed by atoms with van der Waals surface area (Å²) in [5, 5.41) is 5.30. The van der Waals surface area contributed by atoms with Gasteiger partial charge in [-0.2, -0.15) is 0 Å². The Labute approximate surface area is 104 Å². The van der Waals surface area contributed by atoms with Crippen LogP contribution in [0.25, 0.3) is 0 Å².